The first-order valence-corrected chi connectivity index (χ1v) is 3.96. The maximum atomic E-state index is 9.72. The molecule has 0 bridgehead atoms. The van der Waals surface area contributed by atoms with Crippen molar-refractivity contribution in [1.29, 1.82) is 0 Å². The molecule has 0 aliphatic carbocycles. The van der Waals surface area contributed by atoms with Crippen molar-refractivity contribution in [3.63, 3.8) is 0 Å². The minimum Gasteiger partial charge on any atom is -0.441 e. The molecule has 0 aliphatic heterocycles. The molecular formula is C9H11NO3. The molecule has 0 unspecified atom stereocenters. The molecule has 1 heterocycles. The lowest BCUT2D eigenvalue weighted by molar-refractivity contribution is -0.140. The number of hydrogen-bond acceptors (Lipinski definition) is 4. The van der Waals surface area contributed by atoms with E-state index in [0.717, 1.165) is 12.1 Å². The Kier molecular flexibility index (Phi) is 4.56. The van der Waals surface area contributed by atoms with Gasteiger partial charge in [-0.3, -0.25) is 9.78 Å². The van der Waals surface area contributed by atoms with E-state index in [1.807, 2.05) is 18.2 Å². The van der Waals surface area contributed by atoms with E-state index in [1.165, 1.54) is 0 Å². The second-order valence-corrected chi connectivity index (χ2v) is 2.36. The van der Waals surface area contributed by atoms with E-state index in [4.69, 9.17) is 4.74 Å². The van der Waals surface area contributed by atoms with E-state index in [2.05, 4.69) is 9.72 Å². The Balaban J connectivity index is 2.10. The van der Waals surface area contributed by atoms with Crippen molar-refractivity contribution in [1.82, 2.24) is 4.98 Å². The predicted molar refractivity (Wildman–Crippen MR) is 45.9 cm³/mol. The van der Waals surface area contributed by atoms with Gasteiger partial charge in [0.05, 0.1) is 6.61 Å². The molecule has 13 heavy (non-hydrogen) atoms. The van der Waals surface area contributed by atoms with Crippen molar-refractivity contribution in [2.24, 2.45) is 0 Å². The van der Waals surface area contributed by atoms with E-state index in [9.17, 15) is 4.79 Å². The number of ether oxygens (including phenoxy) is 2. The lowest BCUT2D eigenvalue weighted by atomic mass is 10.3. The highest BCUT2D eigenvalue weighted by atomic mass is 16.7. The van der Waals surface area contributed by atoms with E-state index in [-0.39, 0.29) is 6.79 Å². The molecule has 4 heteroatoms. The molecule has 0 atom stereocenters. The van der Waals surface area contributed by atoms with Gasteiger partial charge in [0.25, 0.3) is 6.47 Å². The summed E-state index contributed by atoms with van der Waals surface area (Å²) in [6, 6.07) is 5.70. The van der Waals surface area contributed by atoms with Gasteiger partial charge < -0.3 is 9.47 Å². The van der Waals surface area contributed by atoms with Crippen LogP contribution in [0.3, 0.4) is 0 Å². The van der Waals surface area contributed by atoms with Crippen LogP contribution >= 0.6 is 0 Å². The third-order valence-electron chi connectivity index (χ3n) is 1.45. The molecule has 0 fully saturated rings. The monoisotopic (exact) mass is 181 g/mol. The Morgan fingerprint density at radius 1 is 1.46 bits per heavy atom. The minimum atomic E-state index is 0.0103. The van der Waals surface area contributed by atoms with Crippen molar-refractivity contribution in [2.75, 3.05) is 13.4 Å². The van der Waals surface area contributed by atoms with Gasteiger partial charge in [0.2, 0.25) is 0 Å². The van der Waals surface area contributed by atoms with E-state index in [0.29, 0.717) is 13.1 Å². The van der Waals surface area contributed by atoms with E-state index in [1.54, 1.807) is 6.20 Å². The quantitative estimate of drug-likeness (QED) is 0.369. The Morgan fingerprint density at radius 3 is 3.08 bits per heavy atom. The summed E-state index contributed by atoms with van der Waals surface area (Å²) in [5, 5.41) is 0. The van der Waals surface area contributed by atoms with Crippen molar-refractivity contribution < 1.29 is 14.3 Å². The number of carbonyl (C=O) groups is 1. The summed E-state index contributed by atoms with van der Waals surface area (Å²) in [5.74, 6) is 0. The zero-order valence-electron chi connectivity index (χ0n) is 7.18. The molecule has 1 rings (SSSR count). The summed E-state index contributed by atoms with van der Waals surface area (Å²) in [4.78, 5) is 13.8. The Morgan fingerprint density at radius 2 is 2.38 bits per heavy atom. The first kappa shape index (κ1) is 9.67. The lowest BCUT2D eigenvalue weighted by Gasteiger charge is -2.01. The van der Waals surface area contributed by atoms with Gasteiger partial charge in [0, 0.05) is 18.3 Å². The van der Waals surface area contributed by atoms with Crippen molar-refractivity contribution >= 4 is 6.47 Å². The highest BCUT2D eigenvalue weighted by molar-refractivity contribution is 5.36. The van der Waals surface area contributed by atoms with Gasteiger partial charge in [-0.2, -0.15) is 0 Å². The summed E-state index contributed by atoms with van der Waals surface area (Å²) in [5.41, 5.74) is 0.966. The number of carbonyl (C=O) groups excluding carboxylic acids is 1. The second-order valence-electron chi connectivity index (χ2n) is 2.36. The van der Waals surface area contributed by atoms with Crippen molar-refractivity contribution in [3.05, 3.63) is 30.1 Å². The first-order valence-electron chi connectivity index (χ1n) is 3.96. The van der Waals surface area contributed by atoms with Crippen LogP contribution in [-0.2, 0) is 20.7 Å². The number of aromatic nitrogens is 1. The number of pyridine rings is 1. The summed E-state index contributed by atoms with van der Waals surface area (Å²) in [7, 11) is 0. The van der Waals surface area contributed by atoms with Gasteiger partial charge >= 0.3 is 0 Å². The van der Waals surface area contributed by atoms with Crippen LogP contribution in [0.15, 0.2) is 24.4 Å². The Hall–Kier alpha value is -1.42. The highest BCUT2D eigenvalue weighted by Gasteiger charge is 1.92. The minimum absolute atomic E-state index is 0.0103. The summed E-state index contributed by atoms with van der Waals surface area (Å²) in [6.45, 7) is 0.877. The predicted octanol–water partition coefficient (Wildman–Crippen LogP) is 0.771. The molecule has 0 aromatic carbocycles. The molecule has 1 aromatic rings. The maximum Gasteiger partial charge on any atom is 0.295 e. The van der Waals surface area contributed by atoms with Gasteiger partial charge in [-0.25, -0.2) is 0 Å². The third-order valence-corrected chi connectivity index (χ3v) is 1.45. The van der Waals surface area contributed by atoms with Crippen LogP contribution in [0, 0.1) is 0 Å². The van der Waals surface area contributed by atoms with Gasteiger partial charge in [-0.05, 0) is 12.1 Å². The van der Waals surface area contributed by atoms with Crippen LogP contribution in [0.1, 0.15) is 5.69 Å². The smallest absolute Gasteiger partial charge is 0.295 e. The molecule has 0 radical (unpaired) electrons. The van der Waals surface area contributed by atoms with E-state index < -0.39 is 0 Å². The Bertz CT molecular complexity index is 238. The van der Waals surface area contributed by atoms with Gasteiger partial charge in [0.15, 0.2) is 6.79 Å². The zero-order chi connectivity index (χ0) is 9.36. The van der Waals surface area contributed by atoms with Gasteiger partial charge in [-0.1, -0.05) is 6.07 Å². The summed E-state index contributed by atoms with van der Waals surface area (Å²) in [6.07, 6.45) is 2.46. The zero-order valence-corrected chi connectivity index (χ0v) is 7.18. The molecule has 0 aliphatic rings. The van der Waals surface area contributed by atoms with Crippen LogP contribution < -0.4 is 0 Å². The van der Waals surface area contributed by atoms with Crippen LogP contribution in [-0.4, -0.2) is 24.9 Å². The first-order chi connectivity index (χ1) is 6.43. The van der Waals surface area contributed by atoms with E-state index >= 15 is 0 Å². The molecule has 0 spiro atoms. The lowest BCUT2D eigenvalue weighted by Crippen LogP contribution is -2.03. The SMILES string of the molecule is O=COCOCCc1ccccn1. The van der Waals surface area contributed by atoms with Crippen LogP contribution in [0.25, 0.3) is 0 Å². The van der Waals surface area contributed by atoms with Crippen LogP contribution in [0.4, 0.5) is 0 Å². The second kappa shape index (κ2) is 6.14. The maximum absolute atomic E-state index is 9.72. The Labute approximate surface area is 76.5 Å². The molecule has 4 nitrogen and oxygen atoms in total. The average Bonchev–Trinajstić information content (AvgIpc) is 2.19. The van der Waals surface area contributed by atoms with Crippen LogP contribution in [0.5, 0.6) is 0 Å². The number of hydrogen-bond donors (Lipinski definition) is 0. The molecular weight excluding hydrogens is 170 g/mol. The molecule has 0 amide bonds. The molecule has 0 N–H and O–H groups in total. The molecule has 1 aromatic heterocycles. The average molecular weight is 181 g/mol. The molecule has 0 saturated carbocycles. The topological polar surface area (TPSA) is 48.4 Å². The highest BCUT2D eigenvalue weighted by Crippen LogP contribution is 1.94. The van der Waals surface area contributed by atoms with Crippen molar-refractivity contribution in [2.45, 2.75) is 6.42 Å². The molecule has 0 saturated heterocycles. The fraction of sp³-hybridized carbons (Fsp3) is 0.333. The van der Waals surface area contributed by atoms with Gasteiger partial charge in [0.1, 0.15) is 0 Å². The van der Waals surface area contributed by atoms with Gasteiger partial charge in [-0.15, -0.1) is 0 Å². The largest absolute Gasteiger partial charge is 0.441 e. The fourth-order valence-corrected chi connectivity index (χ4v) is 0.858. The standard InChI is InChI=1S/C9H11NO3/c11-7-13-8-12-6-4-9-3-1-2-5-10-9/h1-3,5,7H,4,6,8H2. The van der Waals surface area contributed by atoms with Crippen molar-refractivity contribution in [3.8, 4) is 0 Å². The molecule has 70 valence electrons. The summed E-state index contributed by atoms with van der Waals surface area (Å²) >= 11 is 0. The summed E-state index contributed by atoms with van der Waals surface area (Å²) < 4.78 is 9.33. The fourth-order valence-electron chi connectivity index (χ4n) is 0.858. The van der Waals surface area contributed by atoms with Crippen LogP contribution in [0.2, 0.25) is 0 Å². The third kappa shape index (κ3) is 4.22. The normalized spacial score (nSPS) is 9.54. The number of nitrogens with zero attached hydrogens (tertiary/aromatic N) is 1. The number of rotatable bonds is 6.